The Labute approximate surface area is 218 Å². The molecule has 0 spiro atoms. The van der Waals surface area contributed by atoms with Gasteiger partial charge in [0.1, 0.15) is 6.61 Å². The van der Waals surface area contributed by atoms with Gasteiger partial charge in [-0.05, 0) is 93.3 Å². The van der Waals surface area contributed by atoms with Gasteiger partial charge in [0, 0.05) is 4.47 Å². The van der Waals surface area contributed by atoms with E-state index in [4.69, 9.17) is 16.3 Å². The average molecular weight is 607 g/mol. The number of ether oxygens (including phenoxy) is 1. The van der Waals surface area contributed by atoms with E-state index in [1.54, 1.807) is 12.1 Å². The number of thioether (sulfide) groups is 1. The van der Waals surface area contributed by atoms with Crippen LogP contribution in [0.5, 0.6) is 5.75 Å². The molecule has 1 heterocycles. The van der Waals surface area contributed by atoms with Crippen molar-refractivity contribution >= 4 is 78.1 Å². The third-order valence-electron chi connectivity index (χ3n) is 4.84. The number of carbonyl (C=O) groups excluding carboxylic acids is 1. The van der Waals surface area contributed by atoms with E-state index in [-0.39, 0.29) is 5.91 Å². The lowest BCUT2D eigenvalue weighted by atomic mass is 10.2. The molecule has 8 heteroatoms. The lowest BCUT2D eigenvalue weighted by Gasteiger charge is -2.11. The average Bonchev–Trinajstić information content (AvgIpc) is 3.13. The van der Waals surface area contributed by atoms with E-state index in [0.717, 1.165) is 27.7 Å². The summed E-state index contributed by atoms with van der Waals surface area (Å²) in [6, 6.07) is 19.5. The highest BCUT2D eigenvalue weighted by atomic mass is 79.9. The summed E-state index contributed by atoms with van der Waals surface area (Å²) in [7, 11) is 0. The molecular formula is C25H19Br2ClN2O2S. The normalized spacial score (nSPS) is 15.8. The molecule has 0 bridgehead atoms. The highest BCUT2D eigenvalue weighted by Crippen LogP contribution is 2.37. The number of carbonyl (C=O) groups is 1. The Balaban J connectivity index is 1.48. The van der Waals surface area contributed by atoms with Crippen molar-refractivity contribution in [2.45, 2.75) is 20.0 Å². The van der Waals surface area contributed by atoms with Crippen molar-refractivity contribution in [3.05, 3.63) is 96.2 Å². The highest BCUT2D eigenvalue weighted by molar-refractivity contribution is 9.10. The third-order valence-corrected chi connectivity index (χ3v) is 7.15. The van der Waals surface area contributed by atoms with E-state index in [0.29, 0.717) is 31.9 Å². The zero-order valence-corrected chi connectivity index (χ0v) is 22.3. The van der Waals surface area contributed by atoms with Gasteiger partial charge in [0.2, 0.25) is 0 Å². The maximum Gasteiger partial charge on any atom is 0.264 e. The number of halogens is 3. The lowest BCUT2D eigenvalue weighted by molar-refractivity contribution is -0.115. The van der Waals surface area contributed by atoms with Crippen LogP contribution in [-0.4, -0.2) is 11.1 Å². The van der Waals surface area contributed by atoms with Gasteiger partial charge in [0.25, 0.3) is 5.91 Å². The first-order valence-electron chi connectivity index (χ1n) is 10.2. The summed E-state index contributed by atoms with van der Waals surface area (Å²) in [4.78, 5) is 17.5. The van der Waals surface area contributed by atoms with Crippen molar-refractivity contribution in [1.29, 1.82) is 0 Å². The number of nitrogens with zero attached hydrogens (tertiary/aromatic N) is 1. The van der Waals surface area contributed by atoms with E-state index < -0.39 is 0 Å². The molecule has 0 unspecified atom stereocenters. The molecular weight excluding hydrogens is 588 g/mol. The second-order valence-electron chi connectivity index (χ2n) is 7.23. The quantitative estimate of drug-likeness (QED) is 0.290. The van der Waals surface area contributed by atoms with Crippen molar-refractivity contribution in [2.24, 2.45) is 4.99 Å². The van der Waals surface area contributed by atoms with Crippen LogP contribution in [0.4, 0.5) is 5.69 Å². The Morgan fingerprint density at radius 1 is 1.06 bits per heavy atom. The molecule has 0 atom stereocenters. The number of hydrogen-bond donors (Lipinski definition) is 1. The Morgan fingerprint density at radius 3 is 2.42 bits per heavy atom. The largest absolute Gasteiger partial charge is 0.486 e. The number of aliphatic imine (C=N–C) groups is 1. The fourth-order valence-electron chi connectivity index (χ4n) is 3.09. The van der Waals surface area contributed by atoms with Crippen LogP contribution in [0.25, 0.3) is 6.08 Å². The molecule has 1 fully saturated rings. The monoisotopic (exact) mass is 604 g/mol. The van der Waals surface area contributed by atoms with Gasteiger partial charge in [-0.15, -0.1) is 0 Å². The van der Waals surface area contributed by atoms with Gasteiger partial charge in [0.15, 0.2) is 10.9 Å². The molecule has 0 radical (unpaired) electrons. The zero-order valence-electron chi connectivity index (χ0n) is 17.6. The molecule has 3 aromatic rings. The topological polar surface area (TPSA) is 50.7 Å². The van der Waals surface area contributed by atoms with Gasteiger partial charge in [-0.25, -0.2) is 4.99 Å². The smallest absolute Gasteiger partial charge is 0.264 e. The molecule has 0 saturated carbocycles. The van der Waals surface area contributed by atoms with E-state index in [9.17, 15) is 4.79 Å². The fraction of sp³-hybridized carbons (Fsp3) is 0.120. The van der Waals surface area contributed by atoms with Crippen LogP contribution < -0.4 is 10.1 Å². The van der Waals surface area contributed by atoms with E-state index >= 15 is 0 Å². The molecule has 3 aromatic carbocycles. The van der Waals surface area contributed by atoms with E-state index in [1.165, 1.54) is 17.3 Å². The van der Waals surface area contributed by atoms with Crippen LogP contribution in [0, 0.1) is 0 Å². The second kappa shape index (κ2) is 10.9. The van der Waals surface area contributed by atoms with Crippen molar-refractivity contribution in [2.75, 3.05) is 0 Å². The van der Waals surface area contributed by atoms with Crippen LogP contribution in [0.15, 0.2) is 79.5 Å². The van der Waals surface area contributed by atoms with E-state index in [1.807, 2.05) is 54.6 Å². The number of hydrogen-bond acceptors (Lipinski definition) is 4. The molecule has 0 aromatic heterocycles. The van der Waals surface area contributed by atoms with Crippen molar-refractivity contribution in [3.8, 4) is 5.75 Å². The summed E-state index contributed by atoms with van der Waals surface area (Å²) >= 11 is 14.7. The maximum absolute atomic E-state index is 12.4. The number of amides is 1. The zero-order chi connectivity index (χ0) is 23.4. The molecule has 1 amide bonds. The molecule has 1 aliphatic rings. The Morgan fingerprint density at radius 2 is 1.76 bits per heavy atom. The van der Waals surface area contributed by atoms with Gasteiger partial charge in [-0.1, -0.05) is 58.7 Å². The van der Waals surface area contributed by atoms with Gasteiger partial charge in [0.05, 0.1) is 20.1 Å². The van der Waals surface area contributed by atoms with Crippen molar-refractivity contribution in [3.63, 3.8) is 0 Å². The molecule has 1 N–H and O–H groups in total. The van der Waals surface area contributed by atoms with Gasteiger partial charge >= 0.3 is 0 Å². The summed E-state index contributed by atoms with van der Waals surface area (Å²) in [6.45, 7) is 2.50. The third kappa shape index (κ3) is 6.29. The van der Waals surface area contributed by atoms with Crippen molar-refractivity contribution in [1.82, 2.24) is 5.32 Å². The maximum atomic E-state index is 12.4. The molecule has 33 heavy (non-hydrogen) atoms. The van der Waals surface area contributed by atoms with Gasteiger partial charge < -0.3 is 10.1 Å². The Bertz CT molecular complexity index is 1220. The summed E-state index contributed by atoms with van der Waals surface area (Å²) in [5, 5.41) is 3.83. The first-order chi connectivity index (χ1) is 15.9. The van der Waals surface area contributed by atoms with Gasteiger partial charge in [-0.3, -0.25) is 4.79 Å². The number of nitrogens with one attached hydrogen (secondary N) is 1. The molecule has 1 aliphatic heterocycles. The summed E-state index contributed by atoms with van der Waals surface area (Å²) in [6.07, 6.45) is 2.76. The first kappa shape index (κ1) is 24.1. The molecule has 0 aliphatic carbocycles. The standard InChI is InChI=1S/C25H19Br2ClN2O2S/c1-2-15-5-9-19(10-6-15)29-25-30-24(31)22(33-25)13-17-11-20(27)23(21(28)12-17)32-14-16-3-7-18(26)8-4-16/h3-13H,2,14H2,1H3,(H,29,30,31)/b22-13-. The van der Waals surface area contributed by atoms with Crippen LogP contribution >= 0.6 is 55.2 Å². The molecule has 168 valence electrons. The Hall–Kier alpha value is -2.06. The van der Waals surface area contributed by atoms with Crippen LogP contribution in [0.1, 0.15) is 23.6 Å². The molecule has 4 nitrogen and oxygen atoms in total. The highest BCUT2D eigenvalue weighted by Gasteiger charge is 2.24. The first-order valence-corrected chi connectivity index (χ1v) is 12.9. The number of aryl methyl sites for hydroxylation is 1. The van der Waals surface area contributed by atoms with Crippen LogP contribution in [0.2, 0.25) is 5.02 Å². The number of rotatable bonds is 6. The summed E-state index contributed by atoms with van der Waals surface area (Å²) in [5.41, 5.74) is 3.86. The van der Waals surface area contributed by atoms with Gasteiger partial charge in [-0.2, -0.15) is 0 Å². The molecule has 1 saturated heterocycles. The lowest BCUT2D eigenvalue weighted by Crippen LogP contribution is -2.19. The van der Waals surface area contributed by atoms with Crippen LogP contribution in [-0.2, 0) is 17.8 Å². The SMILES string of the molecule is CCc1ccc(N=C2NC(=O)/C(=C/c3cc(Cl)c(OCc4ccc(Br)cc4)c(Br)c3)S2)cc1. The van der Waals surface area contributed by atoms with Crippen molar-refractivity contribution < 1.29 is 9.53 Å². The summed E-state index contributed by atoms with van der Waals surface area (Å²) < 4.78 is 7.65. The molecule has 4 rings (SSSR count). The predicted octanol–water partition coefficient (Wildman–Crippen LogP) is 7.90. The fourth-order valence-corrected chi connectivity index (χ4v) is 5.19. The minimum absolute atomic E-state index is 0.188. The minimum atomic E-state index is -0.188. The second-order valence-corrected chi connectivity index (χ2v) is 10.4. The summed E-state index contributed by atoms with van der Waals surface area (Å²) in [5.74, 6) is 0.370. The Kier molecular flexibility index (Phi) is 7.96. The number of amidine groups is 1. The number of benzene rings is 3. The predicted molar refractivity (Wildman–Crippen MR) is 144 cm³/mol. The van der Waals surface area contributed by atoms with E-state index in [2.05, 4.69) is 49.1 Å². The minimum Gasteiger partial charge on any atom is -0.486 e. The van der Waals surface area contributed by atoms with Crippen LogP contribution in [0.3, 0.4) is 0 Å².